The topological polar surface area (TPSA) is 58.6 Å². The molecule has 30 heavy (non-hydrogen) atoms. The van der Waals surface area contributed by atoms with E-state index in [9.17, 15) is 13.3 Å². The van der Waals surface area contributed by atoms with E-state index in [0.717, 1.165) is 47.7 Å². The summed E-state index contributed by atoms with van der Waals surface area (Å²) in [7, 11) is -2.55. The van der Waals surface area contributed by atoms with Gasteiger partial charge in [0.1, 0.15) is 18.2 Å². The molecule has 0 fully saturated rings. The summed E-state index contributed by atoms with van der Waals surface area (Å²) >= 11 is 3.52. The van der Waals surface area contributed by atoms with Crippen LogP contribution in [0.15, 0.2) is 40.9 Å². The first-order valence-electron chi connectivity index (χ1n) is 10.2. The number of unbranched alkanes of at least 4 members (excludes halogenated alkanes) is 3. The summed E-state index contributed by atoms with van der Waals surface area (Å²) in [5.41, 5.74) is 2.70. The highest BCUT2D eigenvalue weighted by Crippen LogP contribution is 2.23. The van der Waals surface area contributed by atoms with Crippen molar-refractivity contribution in [1.82, 2.24) is 5.32 Å². The van der Waals surface area contributed by atoms with Crippen molar-refractivity contribution in [3.63, 3.8) is 0 Å². The predicted molar refractivity (Wildman–Crippen MR) is 118 cm³/mol. The molecule has 2 N–H and O–H groups in total. The Hall–Kier alpha value is -1.24. The SMILES string of the molecule is O=[P+](O)OCCCNCc1cc(F)c(CCCCCCc2ccc(F)cc2)cc1Br. The lowest BCUT2D eigenvalue weighted by molar-refractivity contribution is 0.276. The van der Waals surface area contributed by atoms with Crippen LogP contribution >= 0.6 is 24.2 Å². The second-order valence-corrected chi connectivity index (χ2v) is 8.77. The van der Waals surface area contributed by atoms with E-state index in [1.165, 1.54) is 12.1 Å². The Kier molecular flexibility index (Phi) is 11.6. The third-order valence-corrected chi connectivity index (χ3v) is 5.95. The molecule has 2 aromatic carbocycles. The van der Waals surface area contributed by atoms with Gasteiger partial charge in [0.05, 0.1) is 0 Å². The molecule has 1 atom stereocenters. The van der Waals surface area contributed by atoms with E-state index >= 15 is 0 Å². The zero-order chi connectivity index (χ0) is 21.8. The van der Waals surface area contributed by atoms with Crippen LogP contribution < -0.4 is 5.32 Å². The molecule has 0 amide bonds. The summed E-state index contributed by atoms with van der Waals surface area (Å²) in [6.45, 7) is 1.32. The van der Waals surface area contributed by atoms with Crippen LogP contribution in [0.5, 0.6) is 0 Å². The Morgan fingerprint density at radius 3 is 2.37 bits per heavy atom. The average Bonchev–Trinajstić information content (AvgIpc) is 2.71. The smallest absolute Gasteiger partial charge is 0.313 e. The second-order valence-electron chi connectivity index (χ2n) is 7.18. The van der Waals surface area contributed by atoms with Crippen LogP contribution in [0.25, 0.3) is 0 Å². The van der Waals surface area contributed by atoms with Gasteiger partial charge in [0.2, 0.25) is 0 Å². The molecule has 2 aromatic rings. The Morgan fingerprint density at radius 1 is 0.967 bits per heavy atom. The third-order valence-electron chi connectivity index (χ3n) is 4.81. The van der Waals surface area contributed by atoms with Gasteiger partial charge in [0.25, 0.3) is 0 Å². The van der Waals surface area contributed by atoms with Crippen molar-refractivity contribution in [2.24, 2.45) is 0 Å². The zero-order valence-electron chi connectivity index (χ0n) is 16.9. The van der Waals surface area contributed by atoms with Crippen molar-refractivity contribution >= 4 is 24.2 Å². The minimum absolute atomic E-state index is 0.193. The van der Waals surface area contributed by atoms with Crippen LogP contribution in [-0.4, -0.2) is 18.0 Å². The van der Waals surface area contributed by atoms with Crippen LogP contribution in [0.1, 0.15) is 48.8 Å². The molecule has 164 valence electrons. The van der Waals surface area contributed by atoms with Gasteiger partial charge in [-0.2, -0.15) is 0 Å². The van der Waals surface area contributed by atoms with Gasteiger partial charge in [0.15, 0.2) is 0 Å². The van der Waals surface area contributed by atoms with Gasteiger partial charge >= 0.3 is 8.25 Å². The molecule has 0 bridgehead atoms. The van der Waals surface area contributed by atoms with Crippen molar-refractivity contribution in [2.45, 2.75) is 51.5 Å². The lowest BCUT2D eigenvalue weighted by atomic mass is 10.0. The van der Waals surface area contributed by atoms with Crippen LogP contribution in [0, 0.1) is 11.6 Å². The highest BCUT2D eigenvalue weighted by atomic mass is 79.9. The zero-order valence-corrected chi connectivity index (χ0v) is 19.4. The largest absolute Gasteiger partial charge is 0.694 e. The highest BCUT2D eigenvalue weighted by molar-refractivity contribution is 9.10. The highest BCUT2D eigenvalue weighted by Gasteiger charge is 2.11. The number of hydrogen-bond acceptors (Lipinski definition) is 3. The molecule has 2 rings (SSSR count). The maximum atomic E-state index is 14.4. The minimum Gasteiger partial charge on any atom is -0.313 e. The average molecular weight is 503 g/mol. The van der Waals surface area contributed by atoms with E-state index in [4.69, 9.17) is 4.89 Å². The summed E-state index contributed by atoms with van der Waals surface area (Å²) in [5, 5.41) is 3.17. The molecule has 0 saturated heterocycles. The van der Waals surface area contributed by atoms with E-state index in [2.05, 4.69) is 25.8 Å². The number of aryl methyl sites for hydroxylation is 2. The first kappa shape index (κ1) is 25.0. The first-order chi connectivity index (χ1) is 14.5. The van der Waals surface area contributed by atoms with Gasteiger partial charge in [-0.3, -0.25) is 0 Å². The molecule has 0 radical (unpaired) electrons. The number of nitrogens with one attached hydrogen (secondary N) is 1. The molecule has 0 spiro atoms. The quantitative estimate of drug-likeness (QED) is 0.238. The van der Waals surface area contributed by atoms with Crippen molar-refractivity contribution in [3.8, 4) is 0 Å². The maximum absolute atomic E-state index is 14.4. The van der Waals surface area contributed by atoms with Gasteiger partial charge < -0.3 is 5.32 Å². The monoisotopic (exact) mass is 502 g/mol. The van der Waals surface area contributed by atoms with Crippen LogP contribution in [0.3, 0.4) is 0 Å². The van der Waals surface area contributed by atoms with Gasteiger partial charge in [-0.25, -0.2) is 8.78 Å². The normalized spacial score (nSPS) is 11.7. The lowest BCUT2D eigenvalue weighted by Gasteiger charge is -2.10. The molecule has 8 heteroatoms. The minimum atomic E-state index is -2.55. The van der Waals surface area contributed by atoms with E-state index < -0.39 is 8.25 Å². The number of benzene rings is 2. The molecule has 0 saturated carbocycles. The second kappa shape index (κ2) is 13.9. The Morgan fingerprint density at radius 2 is 1.67 bits per heavy atom. The Balaban J connectivity index is 1.65. The van der Waals surface area contributed by atoms with Gasteiger partial charge in [0, 0.05) is 15.6 Å². The number of halogens is 3. The van der Waals surface area contributed by atoms with Crippen molar-refractivity contribution in [1.29, 1.82) is 0 Å². The van der Waals surface area contributed by atoms with Crippen LogP contribution in [0.4, 0.5) is 8.78 Å². The van der Waals surface area contributed by atoms with Crippen molar-refractivity contribution < 1.29 is 22.8 Å². The fourth-order valence-electron chi connectivity index (χ4n) is 3.17. The van der Waals surface area contributed by atoms with Gasteiger partial charge in [-0.15, -0.1) is 9.42 Å². The lowest BCUT2D eigenvalue weighted by Crippen LogP contribution is -2.16. The fraction of sp³-hybridized carbons (Fsp3) is 0.455. The molecule has 4 nitrogen and oxygen atoms in total. The number of hydrogen-bond donors (Lipinski definition) is 2. The van der Waals surface area contributed by atoms with Crippen molar-refractivity contribution in [3.05, 3.63) is 69.2 Å². The van der Waals surface area contributed by atoms with Gasteiger partial charge in [-0.1, -0.05) is 40.9 Å². The summed E-state index contributed by atoms with van der Waals surface area (Å²) in [6.07, 6.45) is 6.30. The van der Waals surface area contributed by atoms with E-state index in [0.29, 0.717) is 31.5 Å². The summed E-state index contributed by atoms with van der Waals surface area (Å²) in [6, 6.07) is 10.0. The molecular weight excluding hydrogens is 475 g/mol. The third kappa shape index (κ3) is 9.71. The van der Waals surface area contributed by atoms with E-state index in [-0.39, 0.29) is 18.2 Å². The molecular formula is C22H28BrF2NO3P+. The van der Waals surface area contributed by atoms with Crippen LogP contribution in [0.2, 0.25) is 0 Å². The molecule has 1 unspecified atom stereocenters. The van der Waals surface area contributed by atoms with E-state index in [1.807, 2.05) is 18.2 Å². The first-order valence-corrected chi connectivity index (χ1v) is 12.1. The Bertz CT molecular complexity index is 806. The van der Waals surface area contributed by atoms with E-state index in [1.54, 1.807) is 6.07 Å². The predicted octanol–water partition coefficient (Wildman–Crippen LogP) is 6.22. The molecule has 0 heterocycles. The molecule has 0 aliphatic carbocycles. The maximum Gasteiger partial charge on any atom is 0.694 e. The van der Waals surface area contributed by atoms with Gasteiger partial charge in [-0.05, 0) is 79.6 Å². The Labute approximate surface area is 186 Å². The summed E-state index contributed by atoms with van der Waals surface area (Å²) in [4.78, 5) is 8.55. The van der Waals surface area contributed by atoms with Crippen molar-refractivity contribution in [2.75, 3.05) is 13.2 Å². The standard InChI is InChI=1S/C22H27BrF2NO3P/c23-21-14-18(7-4-2-1-3-6-17-8-10-20(24)11-9-17)22(25)15-19(21)16-26-12-5-13-29-30(27)28/h8-11,14-15,26H,1-7,12-13,16H2/p+1. The number of rotatable bonds is 14. The molecule has 0 aliphatic rings. The fourth-order valence-corrected chi connectivity index (χ4v) is 3.98. The summed E-state index contributed by atoms with van der Waals surface area (Å²) in [5.74, 6) is -0.401. The molecule has 0 aliphatic heterocycles. The molecule has 0 aromatic heterocycles. The summed E-state index contributed by atoms with van der Waals surface area (Å²) < 4.78 is 43.2. The van der Waals surface area contributed by atoms with Crippen LogP contribution in [-0.2, 0) is 28.5 Å².